The van der Waals surface area contributed by atoms with Crippen LogP contribution in [-0.2, 0) is 24.1 Å². The number of carbonyl (C=O) groups is 1. The highest BCUT2D eigenvalue weighted by atomic mass is 16.5. The van der Waals surface area contributed by atoms with Crippen LogP contribution in [0, 0.1) is 0 Å². The van der Waals surface area contributed by atoms with Gasteiger partial charge in [0.1, 0.15) is 0 Å². The van der Waals surface area contributed by atoms with Gasteiger partial charge in [-0.25, -0.2) is 0 Å². The van der Waals surface area contributed by atoms with Gasteiger partial charge < -0.3 is 14.6 Å². The summed E-state index contributed by atoms with van der Waals surface area (Å²) in [7, 11) is 1.64. The predicted octanol–water partition coefficient (Wildman–Crippen LogP) is 2.56. The van der Waals surface area contributed by atoms with E-state index in [1.165, 1.54) is 5.56 Å². The van der Waals surface area contributed by atoms with Crippen molar-refractivity contribution in [2.24, 2.45) is 0 Å². The van der Waals surface area contributed by atoms with E-state index in [4.69, 9.17) is 9.26 Å². The summed E-state index contributed by atoms with van der Waals surface area (Å²) >= 11 is 0. The van der Waals surface area contributed by atoms with Crippen LogP contribution in [0.4, 0.5) is 0 Å². The Morgan fingerprint density at radius 2 is 2.32 bits per heavy atom. The quantitative estimate of drug-likeness (QED) is 0.676. The number of amides is 1. The van der Waals surface area contributed by atoms with Crippen LogP contribution in [0.1, 0.15) is 46.8 Å². The van der Waals surface area contributed by atoms with Crippen LogP contribution in [-0.4, -0.2) is 39.5 Å². The number of carbonyl (C=O) groups excluding carboxylic acids is 1. The zero-order chi connectivity index (χ0) is 19.5. The number of benzene rings is 1. The number of rotatable bonds is 7. The Balaban J connectivity index is 1.45. The number of nitrogens with one attached hydrogen (secondary N) is 1. The van der Waals surface area contributed by atoms with E-state index in [2.05, 4.69) is 26.6 Å². The molecular weight excluding hydrogens is 358 g/mol. The number of hydrogen-bond donors (Lipinski definition) is 1. The van der Waals surface area contributed by atoms with E-state index < -0.39 is 0 Å². The highest BCUT2D eigenvalue weighted by molar-refractivity contribution is 5.94. The van der Waals surface area contributed by atoms with E-state index in [0.29, 0.717) is 36.9 Å². The van der Waals surface area contributed by atoms with Gasteiger partial charge in [-0.2, -0.15) is 10.1 Å². The Bertz CT molecular complexity index is 978. The van der Waals surface area contributed by atoms with Crippen molar-refractivity contribution in [1.29, 1.82) is 0 Å². The Hall–Kier alpha value is -3.00. The van der Waals surface area contributed by atoms with Gasteiger partial charge in [0.2, 0.25) is 11.7 Å². The second-order valence-corrected chi connectivity index (χ2v) is 6.83. The fraction of sp³-hybridized carbons (Fsp3) is 0.400. The summed E-state index contributed by atoms with van der Waals surface area (Å²) in [5.74, 6) is 1.12. The molecule has 0 radical (unpaired) electrons. The first-order chi connectivity index (χ1) is 13.7. The lowest BCUT2D eigenvalue weighted by atomic mass is 10.0. The molecule has 0 bridgehead atoms. The normalized spacial score (nSPS) is 15.6. The van der Waals surface area contributed by atoms with Gasteiger partial charge in [-0.05, 0) is 30.0 Å². The third-order valence-corrected chi connectivity index (χ3v) is 4.97. The van der Waals surface area contributed by atoms with Crippen molar-refractivity contribution < 1.29 is 14.1 Å². The minimum absolute atomic E-state index is 0.00431. The van der Waals surface area contributed by atoms with Crippen LogP contribution in [0.5, 0.6) is 0 Å². The number of hydrogen-bond acceptors (Lipinski definition) is 6. The molecule has 0 saturated heterocycles. The maximum atomic E-state index is 12.6. The van der Waals surface area contributed by atoms with Gasteiger partial charge in [0.25, 0.3) is 5.91 Å². The number of nitrogens with zero attached hydrogens (tertiary/aromatic N) is 4. The van der Waals surface area contributed by atoms with Crippen molar-refractivity contribution in [2.45, 2.75) is 38.8 Å². The summed E-state index contributed by atoms with van der Waals surface area (Å²) in [4.78, 5) is 17.0. The van der Waals surface area contributed by atoms with E-state index in [1.54, 1.807) is 24.2 Å². The minimum atomic E-state index is -0.114. The number of aromatic nitrogens is 4. The number of methoxy groups -OCH3 is 1. The number of ether oxygens (including phenoxy) is 1. The molecule has 4 rings (SSSR count). The second kappa shape index (κ2) is 7.93. The van der Waals surface area contributed by atoms with Gasteiger partial charge in [-0.1, -0.05) is 24.2 Å². The molecule has 0 unspecified atom stereocenters. The molecule has 0 aliphatic heterocycles. The molecule has 1 amide bonds. The highest BCUT2D eigenvalue weighted by Gasteiger charge is 2.25. The monoisotopic (exact) mass is 381 g/mol. The Labute approximate surface area is 162 Å². The van der Waals surface area contributed by atoms with E-state index in [0.717, 1.165) is 24.0 Å². The lowest BCUT2D eigenvalue weighted by Crippen LogP contribution is -2.26. The number of aryl methyl sites for hydroxylation is 2. The van der Waals surface area contributed by atoms with Crippen LogP contribution < -0.4 is 5.32 Å². The predicted molar refractivity (Wildman–Crippen MR) is 102 cm³/mol. The van der Waals surface area contributed by atoms with Gasteiger partial charge in [-0.3, -0.25) is 9.48 Å². The third-order valence-electron chi connectivity index (χ3n) is 4.97. The van der Waals surface area contributed by atoms with Crippen LogP contribution in [0.25, 0.3) is 11.4 Å². The molecule has 8 nitrogen and oxygen atoms in total. The summed E-state index contributed by atoms with van der Waals surface area (Å²) in [5, 5.41) is 11.4. The molecule has 1 aromatic carbocycles. The fourth-order valence-corrected chi connectivity index (χ4v) is 3.45. The van der Waals surface area contributed by atoms with E-state index in [-0.39, 0.29) is 11.9 Å². The van der Waals surface area contributed by atoms with E-state index in [1.807, 2.05) is 19.1 Å². The Morgan fingerprint density at radius 1 is 1.43 bits per heavy atom. The first-order valence-electron chi connectivity index (χ1n) is 9.46. The average Bonchev–Trinajstić information content (AvgIpc) is 3.45. The molecule has 0 spiro atoms. The van der Waals surface area contributed by atoms with Gasteiger partial charge in [-0.15, -0.1) is 0 Å². The Kier molecular flexibility index (Phi) is 5.21. The molecule has 1 aliphatic rings. The molecule has 3 aromatic rings. The minimum Gasteiger partial charge on any atom is -0.383 e. The standard InChI is InChI=1S/C20H23N5O3/c1-3-18-23-19(24-28-18)14-4-6-16-13(10-14)5-7-17(16)22-20(26)15-11-21-25(12-15)8-9-27-2/h4,6,10-12,17H,3,5,7-9H2,1-2H3,(H,22,26)/t17-/m1/s1. The van der Waals surface area contributed by atoms with Gasteiger partial charge in [0, 0.05) is 25.3 Å². The first-order valence-corrected chi connectivity index (χ1v) is 9.46. The Morgan fingerprint density at radius 3 is 3.11 bits per heavy atom. The fourth-order valence-electron chi connectivity index (χ4n) is 3.45. The molecule has 0 saturated carbocycles. The molecule has 1 N–H and O–H groups in total. The summed E-state index contributed by atoms with van der Waals surface area (Å²) in [6.07, 6.45) is 5.82. The van der Waals surface area contributed by atoms with Crippen LogP contribution in [0.3, 0.4) is 0 Å². The molecular formula is C20H23N5O3. The average molecular weight is 381 g/mol. The van der Waals surface area contributed by atoms with Gasteiger partial charge in [0.05, 0.1) is 31.0 Å². The lowest BCUT2D eigenvalue weighted by Gasteiger charge is -2.13. The molecule has 146 valence electrons. The second-order valence-electron chi connectivity index (χ2n) is 6.83. The summed E-state index contributed by atoms with van der Waals surface area (Å²) in [5.41, 5.74) is 3.85. The molecule has 2 heterocycles. The van der Waals surface area contributed by atoms with Crippen molar-refractivity contribution in [2.75, 3.05) is 13.7 Å². The summed E-state index contributed by atoms with van der Waals surface area (Å²) in [6.45, 7) is 3.16. The molecule has 8 heteroatoms. The van der Waals surface area contributed by atoms with Gasteiger partial charge >= 0.3 is 0 Å². The van der Waals surface area contributed by atoms with Crippen LogP contribution in [0.2, 0.25) is 0 Å². The smallest absolute Gasteiger partial charge is 0.254 e. The largest absolute Gasteiger partial charge is 0.383 e. The van der Waals surface area contributed by atoms with Crippen LogP contribution >= 0.6 is 0 Å². The molecule has 28 heavy (non-hydrogen) atoms. The first kappa shape index (κ1) is 18.4. The topological polar surface area (TPSA) is 95.1 Å². The van der Waals surface area contributed by atoms with Gasteiger partial charge in [0.15, 0.2) is 0 Å². The van der Waals surface area contributed by atoms with Crippen molar-refractivity contribution in [3.8, 4) is 11.4 Å². The third kappa shape index (κ3) is 3.68. The van der Waals surface area contributed by atoms with Crippen molar-refractivity contribution in [3.63, 3.8) is 0 Å². The van der Waals surface area contributed by atoms with Crippen molar-refractivity contribution in [1.82, 2.24) is 25.2 Å². The SMILES string of the molecule is CCc1nc(-c2ccc3c(c2)CC[C@H]3NC(=O)c2cnn(CCOC)c2)no1. The van der Waals surface area contributed by atoms with Crippen molar-refractivity contribution in [3.05, 3.63) is 53.2 Å². The zero-order valence-electron chi connectivity index (χ0n) is 16.0. The molecule has 1 aliphatic carbocycles. The highest BCUT2D eigenvalue weighted by Crippen LogP contribution is 2.33. The number of fused-ring (bicyclic) bond motifs is 1. The summed E-state index contributed by atoms with van der Waals surface area (Å²) in [6, 6.07) is 6.12. The molecule has 0 fully saturated rings. The maximum absolute atomic E-state index is 12.6. The lowest BCUT2D eigenvalue weighted by molar-refractivity contribution is 0.0936. The van der Waals surface area contributed by atoms with Crippen LogP contribution in [0.15, 0.2) is 35.1 Å². The van der Waals surface area contributed by atoms with E-state index in [9.17, 15) is 4.79 Å². The molecule has 1 atom stereocenters. The molecule has 2 aromatic heterocycles. The maximum Gasteiger partial charge on any atom is 0.254 e. The summed E-state index contributed by atoms with van der Waals surface area (Å²) < 4.78 is 11.9. The zero-order valence-corrected chi connectivity index (χ0v) is 16.0. The van der Waals surface area contributed by atoms with Crippen molar-refractivity contribution >= 4 is 5.91 Å². The van der Waals surface area contributed by atoms with E-state index >= 15 is 0 Å².